The molecule has 25 nitrogen and oxygen atoms in total. The molecule has 1 heterocycles. The van der Waals surface area contributed by atoms with Gasteiger partial charge in [-0.15, -0.1) is 0 Å². The van der Waals surface area contributed by atoms with Crippen molar-refractivity contribution in [3.05, 3.63) is 65.7 Å². The number of hydrogen-bond donors (Lipinski definition) is 9. The van der Waals surface area contributed by atoms with Crippen LogP contribution in [0.15, 0.2) is 54.6 Å². The van der Waals surface area contributed by atoms with Gasteiger partial charge < -0.3 is 72.1 Å². The second-order valence-electron chi connectivity index (χ2n) is 25.1. The molecule has 0 aromatic heterocycles. The van der Waals surface area contributed by atoms with Crippen LogP contribution in [0.1, 0.15) is 151 Å². The minimum Gasteiger partial charge on any atom is -0.445 e. The van der Waals surface area contributed by atoms with Crippen molar-refractivity contribution in [3.8, 4) is 0 Å². The third kappa shape index (κ3) is 24.9. The van der Waals surface area contributed by atoms with Gasteiger partial charge in [0.2, 0.25) is 47.3 Å². The molecule has 0 aliphatic carbocycles. The first-order chi connectivity index (χ1) is 43.5. The number of halogens is 1. The quantitative estimate of drug-likeness (QED) is 0.0288. The minimum atomic E-state index is -1.09. The summed E-state index contributed by atoms with van der Waals surface area (Å²) >= 11 is 3.10. The number of rotatable bonds is 39. The van der Waals surface area contributed by atoms with Gasteiger partial charge in [-0.3, -0.25) is 43.3 Å². The lowest BCUT2D eigenvalue weighted by Gasteiger charge is -2.41. The standard InChI is InChI=1S/C66H106BrN11O14/c1-15-42(8)57(50(90-13)36-53(81)78-35-23-27-49(78)59(91-14)43(9)60(83)71-44(10)58(82)46-24-18-16-19-25-46)76(11)64(87)55(40(4)5)75-63(86)56(41(6)7)77(12)66(89)92-38-45-29-31-47(32-30-45)72-61(84)48(26-22-34-70-65(68)88)73-62(85)54(39(2)3)74-51(79)28-20-17-21-33-69-52(80)37-67/h16,18-19,24-25,29-32,39-44,48-50,54-59,82H,15,17,20-23,26-28,33-38H2,1-14H3,(H,69,80)(H,71,83)(H,72,84)(H,73,85)(H,74,79)(H,75,86)(H3,68,70,88)/t42-,43+,44+,48-,49-,50+,54-,55-,56-,57-,58+,59?/m0/s1. The monoisotopic (exact) mass is 1360 g/mol. The number of carbonyl (C=O) groups is 10. The molecule has 10 N–H and O–H groups in total. The highest BCUT2D eigenvalue weighted by atomic mass is 79.9. The summed E-state index contributed by atoms with van der Waals surface area (Å²) in [4.78, 5) is 139. The zero-order chi connectivity index (χ0) is 68.9. The summed E-state index contributed by atoms with van der Waals surface area (Å²) in [5.74, 6) is -5.21. The second kappa shape index (κ2) is 40.3. The van der Waals surface area contributed by atoms with Crippen LogP contribution < -0.4 is 43.0 Å². The maximum absolute atomic E-state index is 14.8. The lowest BCUT2D eigenvalue weighted by Crippen LogP contribution is -2.60. The molecule has 516 valence electrons. The predicted molar refractivity (Wildman–Crippen MR) is 354 cm³/mol. The summed E-state index contributed by atoms with van der Waals surface area (Å²) in [6.45, 7) is 18.9. The van der Waals surface area contributed by atoms with Crippen LogP contribution in [0.4, 0.5) is 15.3 Å². The fraction of sp³-hybridized carbons (Fsp3) is 0.667. The highest BCUT2D eigenvalue weighted by Crippen LogP contribution is 2.30. The van der Waals surface area contributed by atoms with E-state index in [0.29, 0.717) is 68.4 Å². The SMILES string of the molecule is CC[C@H](C)[C@@H]([C@@H](CC(=O)N1CCC[C@H]1C(OC)[C@@H](C)C(=O)N[C@H](C)[C@@H](O)c1ccccc1)OC)N(C)C(=O)[C@@H](NC(=O)[C@H](C(C)C)N(C)C(=O)OCc1ccc(NC(=O)[C@H](CCCNC(N)=O)NC(=O)[C@@H](NC(=O)CCCCCNC(=O)CBr)C(C)C)cc1)C(C)C. The number of benzene rings is 2. The zero-order valence-electron chi connectivity index (χ0n) is 56.5. The van der Waals surface area contributed by atoms with E-state index in [-0.39, 0.29) is 79.6 Å². The summed E-state index contributed by atoms with van der Waals surface area (Å²) in [5, 5.41) is 30.6. The number of urea groups is 1. The second-order valence-corrected chi connectivity index (χ2v) is 25.7. The number of carbonyl (C=O) groups excluding carboxylic acids is 10. The smallest absolute Gasteiger partial charge is 0.410 e. The number of primary amides is 1. The Morgan fingerprint density at radius 2 is 1.35 bits per heavy atom. The van der Waals surface area contributed by atoms with Crippen molar-refractivity contribution in [3.63, 3.8) is 0 Å². The lowest BCUT2D eigenvalue weighted by molar-refractivity contribution is -0.148. The van der Waals surface area contributed by atoms with Gasteiger partial charge >= 0.3 is 12.1 Å². The maximum Gasteiger partial charge on any atom is 0.410 e. The normalized spacial score (nSPS) is 16.7. The average Bonchev–Trinajstić information content (AvgIpc) is 2.06. The topological polar surface area (TPSA) is 339 Å². The molecule has 1 saturated heterocycles. The largest absolute Gasteiger partial charge is 0.445 e. The highest BCUT2D eigenvalue weighted by molar-refractivity contribution is 9.09. The van der Waals surface area contributed by atoms with Crippen molar-refractivity contribution in [1.29, 1.82) is 0 Å². The summed E-state index contributed by atoms with van der Waals surface area (Å²) in [6, 6.07) is 8.90. The Kier molecular flexibility index (Phi) is 34.7. The van der Waals surface area contributed by atoms with Gasteiger partial charge in [0, 0.05) is 60.1 Å². The van der Waals surface area contributed by atoms with E-state index in [1.54, 1.807) is 109 Å². The highest BCUT2D eigenvalue weighted by Gasteiger charge is 2.44. The number of aliphatic hydroxyl groups excluding tert-OH is 1. The van der Waals surface area contributed by atoms with Crippen LogP contribution in [-0.2, 0) is 59.2 Å². The number of aliphatic hydroxyl groups is 1. The molecule has 26 heteroatoms. The summed E-state index contributed by atoms with van der Waals surface area (Å²) in [6.07, 6.45) is 1.08. The van der Waals surface area contributed by atoms with Crippen molar-refractivity contribution in [2.45, 2.75) is 201 Å². The minimum absolute atomic E-state index is 0.0879. The van der Waals surface area contributed by atoms with E-state index in [4.69, 9.17) is 19.9 Å². The molecule has 12 atom stereocenters. The number of nitrogens with two attached hydrogens (primary N) is 1. The molecule has 2 aromatic rings. The van der Waals surface area contributed by atoms with Crippen molar-refractivity contribution in [1.82, 2.24) is 46.6 Å². The summed E-state index contributed by atoms with van der Waals surface area (Å²) < 4.78 is 17.8. The van der Waals surface area contributed by atoms with Gasteiger partial charge in [0.1, 0.15) is 30.8 Å². The van der Waals surface area contributed by atoms with E-state index in [9.17, 15) is 53.1 Å². The van der Waals surface area contributed by atoms with Crippen molar-refractivity contribution in [2.75, 3.05) is 58.6 Å². The van der Waals surface area contributed by atoms with Crippen LogP contribution in [0.2, 0.25) is 0 Å². The van der Waals surface area contributed by atoms with Gasteiger partial charge in [0.25, 0.3) is 0 Å². The van der Waals surface area contributed by atoms with E-state index in [0.717, 1.165) is 0 Å². The third-order valence-electron chi connectivity index (χ3n) is 17.1. The van der Waals surface area contributed by atoms with Gasteiger partial charge in [-0.2, -0.15) is 0 Å². The number of nitrogens with one attached hydrogen (secondary N) is 7. The first-order valence-electron chi connectivity index (χ1n) is 32.2. The van der Waals surface area contributed by atoms with Gasteiger partial charge in [0.15, 0.2) is 0 Å². The Hall–Kier alpha value is -6.90. The zero-order valence-corrected chi connectivity index (χ0v) is 58.1. The first-order valence-corrected chi connectivity index (χ1v) is 33.4. The predicted octanol–water partition coefficient (Wildman–Crippen LogP) is 5.66. The van der Waals surface area contributed by atoms with Crippen LogP contribution >= 0.6 is 15.9 Å². The number of alkyl halides is 1. The summed E-state index contributed by atoms with van der Waals surface area (Å²) in [5.41, 5.74) is 6.80. The number of likely N-dealkylation sites (N-methyl/N-ethyl adjacent to an activating group) is 2. The van der Waals surface area contributed by atoms with E-state index in [1.165, 1.54) is 26.2 Å². The average molecular weight is 1360 g/mol. The van der Waals surface area contributed by atoms with Gasteiger partial charge in [-0.1, -0.05) is 134 Å². The van der Waals surface area contributed by atoms with Crippen molar-refractivity contribution in [2.24, 2.45) is 35.3 Å². The molecule has 92 heavy (non-hydrogen) atoms. The molecule has 0 radical (unpaired) electrons. The lowest BCUT2D eigenvalue weighted by atomic mass is 9.89. The van der Waals surface area contributed by atoms with E-state index < -0.39 is 114 Å². The molecule has 2 aromatic carbocycles. The molecular formula is C66H106BrN11O14. The third-order valence-corrected chi connectivity index (χ3v) is 17.6. The number of nitrogens with zero attached hydrogens (tertiary/aromatic N) is 3. The van der Waals surface area contributed by atoms with Gasteiger partial charge in [-0.05, 0) is 92.4 Å². The number of hydrogen-bond acceptors (Lipinski definition) is 14. The molecule has 1 aliphatic heterocycles. The number of amides is 11. The van der Waals surface area contributed by atoms with E-state index >= 15 is 0 Å². The van der Waals surface area contributed by atoms with E-state index in [1.807, 2.05) is 32.0 Å². The van der Waals surface area contributed by atoms with Crippen LogP contribution in [-0.4, -0.2) is 187 Å². The number of anilines is 1. The first kappa shape index (κ1) is 79.3. The summed E-state index contributed by atoms with van der Waals surface area (Å²) in [7, 11) is 6.09. The fourth-order valence-corrected chi connectivity index (χ4v) is 11.7. The van der Waals surface area contributed by atoms with Gasteiger partial charge in [-0.25, -0.2) is 9.59 Å². The van der Waals surface area contributed by atoms with Crippen LogP contribution in [0.3, 0.4) is 0 Å². The Morgan fingerprint density at radius 3 is 1.92 bits per heavy atom. The molecule has 1 aliphatic rings. The Labute approximate surface area is 552 Å². The fourth-order valence-electron chi connectivity index (χ4n) is 11.5. The van der Waals surface area contributed by atoms with Crippen molar-refractivity contribution < 1.29 is 67.3 Å². The number of ether oxygens (including phenoxy) is 3. The molecule has 0 saturated carbocycles. The van der Waals surface area contributed by atoms with E-state index in [2.05, 4.69) is 53.1 Å². The molecular weight excluding hydrogens is 1250 g/mol. The Bertz CT molecular complexity index is 2690. The molecule has 0 bridgehead atoms. The van der Waals surface area contributed by atoms with Crippen LogP contribution in [0.5, 0.6) is 0 Å². The molecule has 11 amide bonds. The molecule has 0 spiro atoms. The number of methoxy groups -OCH3 is 2. The molecule has 3 rings (SSSR count). The van der Waals surface area contributed by atoms with Gasteiger partial charge in [0.05, 0.1) is 54.1 Å². The number of likely N-dealkylation sites (tertiary alicyclic amines) is 1. The Morgan fingerprint density at radius 1 is 0.707 bits per heavy atom. The van der Waals surface area contributed by atoms with Crippen LogP contribution in [0, 0.1) is 29.6 Å². The molecule has 1 unspecified atom stereocenters. The Balaban J connectivity index is 1.69. The molecule has 1 fully saturated rings. The maximum atomic E-state index is 14.8. The van der Waals surface area contributed by atoms with Crippen molar-refractivity contribution >= 4 is 81.0 Å². The number of unbranched alkanes of at least 4 members (excludes halogenated alkanes) is 2. The van der Waals surface area contributed by atoms with Crippen LogP contribution in [0.25, 0.3) is 0 Å².